The van der Waals surface area contributed by atoms with Crippen LogP contribution in [0.3, 0.4) is 0 Å². The van der Waals surface area contributed by atoms with Crippen LogP contribution in [0.1, 0.15) is 11.1 Å². The molecular formula is C34H22N2O2. The summed E-state index contributed by atoms with van der Waals surface area (Å²) in [6.07, 6.45) is 0. The van der Waals surface area contributed by atoms with Gasteiger partial charge in [-0.15, -0.1) is 0 Å². The quantitative estimate of drug-likeness (QED) is 0.250. The minimum Gasteiger partial charge on any atom is -0.310 e. The summed E-state index contributed by atoms with van der Waals surface area (Å²) < 4.78 is 0. The smallest absolute Gasteiger partial charge is 0.261 e. The molecule has 180 valence electrons. The Hall–Kier alpha value is -4.96. The third kappa shape index (κ3) is 2.54. The SMILES string of the molecule is CN1C(=O)C2=C(c3ccc4ccc5cccc6ccc3c4c56)N(C)C(=O)C2=C1c1cccc2ccccc12. The fraction of sp³-hybridized carbons (Fsp3) is 0.0588. The second-order valence-electron chi connectivity index (χ2n) is 10.2. The van der Waals surface area contributed by atoms with E-state index in [0.29, 0.717) is 22.5 Å². The maximum atomic E-state index is 13.9. The molecule has 6 aromatic rings. The largest absolute Gasteiger partial charge is 0.310 e. The Labute approximate surface area is 219 Å². The van der Waals surface area contributed by atoms with Crippen molar-refractivity contribution in [1.82, 2.24) is 9.80 Å². The summed E-state index contributed by atoms with van der Waals surface area (Å²) in [5.41, 5.74) is 4.11. The number of hydrogen-bond acceptors (Lipinski definition) is 2. The van der Waals surface area contributed by atoms with Crippen molar-refractivity contribution in [2.75, 3.05) is 14.1 Å². The van der Waals surface area contributed by atoms with E-state index in [0.717, 1.165) is 38.1 Å². The van der Waals surface area contributed by atoms with Gasteiger partial charge in [-0.3, -0.25) is 9.59 Å². The second kappa shape index (κ2) is 7.30. The molecular weight excluding hydrogens is 468 g/mol. The van der Waals surface area contributed by atoms with Gasteiger partial charge in [-0.25, -0.2) is 0 Å². The fourth-order valence-corrected chi connectivity index (χ4v) is 6.53. The summed E-state index contributed by atoms with van der Waals surface area (Å²) in [5, 5.41) is 9.02. The Kier molecular flexibility index (Phi) is 4.06. The van der Waals surface area contributed by atoms with Gasteiger partial charge in [-0.2, -0.15) is 0 Å². The molecule has 0 spiro atoms. The molecule has 0 radical (unpaired) electrons. The highest BCUT2D eigenvalue weighted by Crippen LogP contribution is 2.48. The lowest BCUT2D eigenvalue weighted by atomic mass is 9.90. The van der Waals surface area contributed by atoms with Gasteiger partial charge in [0.05, 0.1) is 22.5 Å². The molecule has 0 saturated heterocycles. The molecule has 0 bridgehead atoms. The molecule has 0 aromatic heterocycles. The molecule has 0 aliphatic carbocycles. The first kappa shape index (κ1) is 21.2. The van der Waals surface area contributed by atoms with Crippen LogP contribution in [0.5, 0.6) is 0 Å². The second-order valence-corrected chi connectivity index (χ2v) is 10.2. The highest BCUT2D eigenvalue weighted by Gasteiger charge is 2.47. The van der Waals surface area contributed by atoms with Crippen LogP contribution in [0.4, 0.5) is 0 Å². The van der Waals surface area contributed by atoms with Crippen LogP contribution in [0.25, 0.3) is 54.5 Å². The zero-order chi connectivity index (χ0) is 25.7. The Bertz CT molecular complexity index is 2080. The van der Waals surface area contributed by atoms with Crippen molar-refractivity contribution in [2.24, 2.45) is 0 Å². The average Bonchev–Trinajstić information content (AvgIpc) is 3.36. The topological polar surface area (TPSA) is 40.6 Å². The van der Waals surface area contributed by atoms with Crippen molar-refractivity contribution in [2.45, 2.75) is 0 Å². The van der Waals surface area contributed by atoms with Crippen LogP contribution >= 0.6 is 0 Å². The highest BCUT2D eigenvalue weighted by molar-refractivity contribution is 6.32. The number of hydrogen-bond donors (Lipinski definition) is 0. The molecule has 0 atom stereocenters. The standard InChI is InChI=1S/C34H22N2O2/c1-35-31(25-12-6-8-19-7-3-4-11-23(19)25)29-30(34(35)38)32(36(2)33(29)37)26-18-16-22-14-13-20-9-5-10-21-15-17-24(26)28(22)27(20)21/h3-18H,1-2H3. The molecule has 0 N–H and O–H groups in total. The molecule has 2 aliphatic rings. The van der Waals surface area contributed by atoms with Gasteiger partial charge in [-0.1, -0.05) is 97.1 Å². The molecule has 4 heteroatoms. The van der Waals surface area contributed by atoms with Crippen LogP contribution < -0.4 is 0 Å². The van der Waals surface area contributed by atoms with E-state index in [1.807, 2.05) is 30.3 Å². The Morgan fingerprint density at radius 2 is 0.947 bits per heavy atom. The molecule has 0 saturated carbocycles. The van der Waals surface area contributed by atoms with Crippen molar-refractivity contribution in [3.63, 3.8) is 0 Å². The number of nitrogens with zero attached hydrogens (tertiary/aromatic N) is 2. The zero-order valence-electron chi connectivity index (χ0n) is 20.9. The molecule has 2 amide bonds. The van der Waals surface area contributed by atoms with Crippen LogP contribution in [-0.4, -0.2) is 35.7 Å². The summed E-state index contributed by atoms with van der Waals surface area (Å²) in [7, 11) is 3.55. The zero-order valence-corrected chi connectivity index (χ0v) is 20.9. The molecule has 2 heterocycles. The minimum absolute atomic E-state index is 0.152. The van der Waals surface area contributed by atoms with Gasteiger partial charge in [0, 0.05) is 25.2 Å². The Balaban J connectivity index is 1.46. The van der Waals surface area contributed by atoms with Gasteiger partial charge in [0.1, 0.15) is 0 Å². The molecule has 0 unspecified atom stereocenters. The van der Waals surface area contributed by atoms with E-state index in [2.05, 4.69) is 66.7 Å². The predicted octanol–water partition coefficient (Wildman–Crippen LogP) is 6.80. The van der Waals surface area contributed by atoms with Gasteiger partial charge >= 0.3 is 0 Å². The number of carbonyl (C=O) groups excluding carboxylic acids is 2. The van der Waals surface area contributed by atoms with Crippen molar-refractivity contribution in [3.8, 4) is 0 Å². The molecule has 6 aromatic carbocycles. The normalized spacial score (nSPS) is 15.9. The summed E-state index contributed by atoms with van der Waals surface area (Å²) in [5.74, 6) is -0.303. The van der Waals surface area contributed by atoms with Crippen LogP contribution in [-0.2, 0) is 9.59 Å². The lowest BCUT2D eigenvalue weighted by molar-refractivity contribution is -0.123. The van der Waals surface area contributed by atoms with Gasteiger partial charge in [0.15, 0.2) is 0 Å². The predicted molar refractivity (Wildman–Crippen MR) is 153 cm³/mol. The number of fused-ring (bicyclic) bond motifs is 2. The maximum absolute atomic E-state index is 13.9. The minimum atomic E-state index is -0.152. The Morgan fingerprint density at radius 3 is 1.66 bits per heavy atom. The number of rotatable bonds is 2. The highest BCUT2D eigenvalue weighted by atomic mass is 16.2. The van der Waals surface area contributed by atoms with E-state index in [1.54, 1.807) is 23.9 Å². The van der Waals surface area contributed by atoms with E-state index in [9.17, 15) is 9.59 Å². The van der Waals surface area contributed by atoms with Gasteiger partial charge in [0.25, 0.3) is 11.8 Å². The number of amides is 2. The van der Waals surface area contributed by atoms with E-state index in [1.165, 1.54) is 16.2 Å². The monoisotopic (exact) mass is 490 g/mol. The molecule has 8 rings (SSSR count). The van der Waals surface area contributed by atoms with Gasteiger partial charge in [-0.05, 0) is 43.1 Å². The third-order valence-corrected chi connectivity index (χ3v) is 8.26. The first-order chi connectivity index (χ1) is 18.5. The van der Waals surface area contributed by atoms with E-state index in [4.69, 9.17) is 0 Å². The summed E-state index contributed by atoms with van der Waals surface area (Å²) in [6.45, 7) is 0. The number of carbonyl (C=O) groups is 2. The van der Waals surface area contributed by atoms with E-state index >= 15 is 0 Å². The van der Waals surface area contributed by atoms with E-state index in [-0.39, 0.29) is 11.8 Å². The summed E-state index contributed by atoms with van der Waals surface area (Å²) in [6, 6.07) is 33.2. The summed E-state index contributed by atoms with van der Waals surface area (Å²) in [4.78, 5) is 31.1. The van der Waals surface area contributed by atoms with Crippen molar-refractivity contribution < 1.29 is 9.59 Å². The first-order valence-corrected chi connectivity index (χ1v) is 12.7. The van der Waals surface area contributed by atoms with Crippen molar-refractivity contribution >= 4 is 66.3 Å². The Morgan fingerprint density at radius 1 is 0.447 bits per heavy atom. The average molecular weight is 491 g/mol. The van der Waals surface area contributed by atoms with Gasteiger partial charge < -0.3 is 9.80 Å². The number of likely N-dealkylation sites (N-methyl/N-ethyl adjacent to an activating group) is 2. The molecule has 2 aliphatic heterocycles. The third-order valence-electron chi connectivity index (χ3n) is 8.26. The van der Waals surface area contributed by atoms with Crippen LogP contribution in [0.15, 0.2) is 108 Å². The van der Waals surface area contributed by atoms with Crippen molar-refractivity contribution in [1.29, 1.82) is 0 Å². The number of benzene rings is 6. The van der Waals surface area contributed by atoms with Crippen molar-refractivity contribution in [3.05, 3.63) is 119 Å². The maximum Gasteiger partial charge on any atom is 0.261 e. The molecule has 4 nitrogen and oxygen atoms in total. The van der Waals surface area contributed by atoms with E-state index < -0.39 is 0 Å². The molecule has 0 fully saturated rings. The first-order valence-electron chi connectivity index (χ1n) is 12.7. The lowest BCUT2D eigenvalue weighted by Gasteiger charge is -2.22. The lowest BCUT2D eigenvalue weighted by Crippen LogP contribution is -2.25. The van der Waals surface area contributed by atoms with Crippen LogP contribution in [0.2, 0.25) is 0 Å². The van der Waals surface area contributed by atoms with Gasteiger partial charge in [0.2, 0.25) is 0 Å². The molecule has 38 heavy (non-hydrogen) atoms. The van der Waals surface area contributed by atoms with Crippen LogP contribution in [0, 0.1) is 0 Å². The summed E-state index contributed by atoms with van der Waals surface area (Å²) >= 11 is 0. The fourth-order valence-electron chi connectivity index (χ4n) is 6.53.